The van der Waals surface area contributed by atoms with E-state index in [0.717, 1.165) is 31.4 Å². The van der Waals surface area contributed by atoms with Crippen LogP contribution in [0.3, 0.4) is 0 Å². The van der Waals surface area contributed by atoms with Gasteiger partial charge in [-0.2, -0.15) is 0 Å². The van der Waals surface area contributed by atoms with Gasteiger partial charge >= 0.3 is 11.9 Å². The number of unbranched alkanes of at least 4 members (excludes halogenated alkanes) is 7. The van der Waals surface area contributed by atoms with Gasteiger partial charge < -0.3 is 29.5 Å². The second-order valence-corrected chi connectivity index (χ2v) is 8.14. The Balaban J connectivity index is 1.84. The largest absolute Gasteiger partial charge is 0.504 e. The van der Waals surface area contributed by atoms with Crippen LogP contribution in [0.25, 0.3) is 6.08 Å². The van der Waals surface area contributed by atoms with Crippen molar-refractivity contribution in [3.63, 3.8) is 0 Å². The molecule has 35 heavy (non-hydrogen) atoms. The summed E-state index contributed by atoms with van der Waals surface area (Å²) in [5, 5.41) is 28.6. The number of hydrogen-bond acceptors (Lipinski definition) is 8. The summed E-state index contributed by atoms with van der Waals surface area (Å²) in [6.07, 6.45) is 12.3. The number of methoxy groups -OCH3 is 1. The Morgan fingerprint density at radius 1 is 0.857 bits per heavy atom. The van der Waals surface area contributed by atoms with Gasteiger partial charge in [-0.05, 0) is 42.3 Å². The normalized spacial score (nSPS) is 10.9. The van der Waals surface area contributed by atoms with Gasteiger partial charge in [-0.1, -0.05) is 57.9 Å². The maximum atomic E-state index is 12.4. The molecule has 2 aromatic rings. The zero-order chi connectivity index (χ0) is 25.6. The number of hydrogen-bond donors (Lipinski definition) is 3. The van der Waals surface area contributed by atoms with E-state index >= 15 is 0 Å². The summed E-state index contributed by atoms with van der Waals surface area (Å²) in [6.45, 7) is 2.59. The van der Waals surface area contributed by atoms with E-state index < -0.39 is 29.2 Å². The first-order chi connectivity index (χ1) is 16.8. The first-order valence-electron chi connectivity index (χ1n) is 11.9. The van der Waals surface area contributed by atoms with Crippen molar-refractivity contribution in [3.8, 4) is 28.7 Å². The third kappa shape index (κ3) is 9.23. The number of benzene rings is 2. The number of ether oxygens (including phenoxy) is 3. The molecule has 0 aliphatic carbocycles. The Kier molecular flexibility index (Phi) is 11.5. The van der Waals surface area contributed by atoms with E-state index in [9.17, 15) is 24.9 Å². The number of phenols is 3. The van der Waals surface area contributed by atoms with Crippen LogP contribution in [0, 0.1) is 0 Å². The number of aromatic hydroxyl groups is 3. The second-order valence-electron chi connectivity index (χ2n) is 8.14. The molecule has 0 amide bonds. The van der Waals surface area contributed by atoms with Crippen molar-refractivity contribution in [2.45, 2.75) is 58.3 Å². The Labute approximate surface area is 205 Å². The molecule has 8 heteroatoms. The highest BCUT2D eigenvalue weighted by Gasteiger charge is 2.17. The molecule has 0 bridgehead atoms. The maximum Gasteiger partial charge on any atom is 0.343 e. The lowest BCUT2D eigenvalue weighted by atomic mass is 10.1. The molecule has 8 nitrogen and oxygen atoms in total. The fourth-order valence-corrected chi connectivity index (χ4v) is 3.37. The summed E-state index contributed by atoms with van der Waals surface area (Å²) in [5.41, 5.74) is 0.466. The summed E-state index contributed by atoms with van der Waals surface area (Å²) in [4.78, 5) is 24.3. The van der Waals surface area contributed by atoms with E-state index in [1.807, 2.05) is 0 Å². The van der Waals surface area contributed by atoms with Gasteiger partial charge in [0, 0.05) is 6.08 Å². The van der Waals surface area contributed by atoms with Crippen LogP contribution in [-0.2, 0) is 9.53 Å². The fraction of sp³-hybridized carbons (Fsp3) is 0.407. The Morgan fingerprint density at radius 3 is 2.11 bits per heavy atom. The molecule has 0 fully saturated rings. The molecule has 0 aromatic heterocycles. The summed E-state index contributed by atoms with van der Waals surface area (Å²) < 4.78 is 15.8. The molecular formula is C27H34O8. The van der Waals surface area contributed by atoms with E-state index in [4.69, 9.17) is 14.2 Å². The van der Waals surface area contributed by atoms with Crippen molar-refractivity contribution in [2.24, 2.45) is 0 Å². The lowest BCUT2D eigenvalue weighted by molar-refractivity contribution is -0.137. The van der Waals surface area contributed by atoms with E-state index in [0.29, 0.717) is 12.2 Å². The fourth-order valence-electron chi connectivity index (χ4n) is 3.37. The van der Waals surface area contributed by atoms with Crippen molar-refractivity contribution in [1.29, 1.82) is 0 Å². The average Bonchev–Trinajstić information content (AvgIpc) is 2.85. The van der Waals surface area contributed by atoms with E-state index in [1.165, 1.54) is 51.4 Å². The number of phenolic OH excluding ortho intramolecular Hbond substituents is 3. The Morgan fingerprint density at radius 2 is 1.49 bits per heavy atom. The van der Waals surface area contributed by atoms with Gasteiger partial charge in [0.05, 0.1) is 19.3 Å². The summed E-state index contributed by atoms with van der Waals surface area (Å²) in [6, 6.07) is 6.64. The molecule has 190 valence electrons. The topological polar surface area (TPSA) is 123 Å². The first-order valence-corrected chi connectivity index (χ1v) is 11.9. The molecule has 0 spiro atoms. The molecule has 0 aliphatic rings. The lowest BCUT2D eigenvalue weighted by Gasteiger charge is -2.11. The zero-order valence-electron chi connectivity index (χ0n) is 20.3. The van der Waals surface area contributed by atoms with Crippen molar-refractivity contribution in [2.75, 3.05) is 13.7 Å². The molecule has 0 radical (unpaired) electrons. The predicted molar refractivity (Wildman–Crippen MR) is 132 cm³/mol. The van der Waals surface area contributed by atoms with Crippen molar-refractivity contribution in [1.82, 2.24) is 0 Å². The van der Waals surface area contributed by atoms with Gasteiger partial charge in [-0.15, -0.1) is 0 Å². The third-order valence-corrected chi connectivity index (χ3v) is 5.35. The van der Waals surface area contributed by atoms with Gasteiger partial charge in [0.1, 0.15) is 0 Å². The van der Waals surface area contributed by atoms with E-state index in [-0.39, 0.29) is 17.1 Å². The van der Waals surface area contributed by atoms with Crippen LogP contribution in [0.4, 0.5) is 0 Å². The Hall–Kier alpha value is -3.68. The van der Waals surface area contributed by atoms with Gasteiger partial charge in [0.25, 0.3) is 0 Å². The molecule has 0 saturated heterocycles. The molecule has 2 aromatic carbocycles. The number of rotatable bonds is 14. The van der Waals surface area contributed by atoms with Crippen LogP contribution in [-0.4, -0.2) is 41.0 Å². The van der Waals surface area contributed by atoms with Crippen LogP contribution >= 0.6 is 0 Å². The Bertz CT molecular complexity index is 989. The molecule has 0 heterocycles. The average molecular weight is 487 g/mol. The number of carbonyl (C=O) groups excluding carboxylic acids is 2. The lowest BCUT2D eigenvalue weighted by Crippen LogP contribution is -2.09. The van der Waals surface area contributed by atoms with Crippen molar-refractivity contribution in [3.05, 3.63) is 47.5 Å². The van der Waals surface area contributed by atoms with Crippen molar-refractivity contribution >= 4 is 18.0 Å². The highest BCUT2D eigenvalue weighted by atomic mass is 16.6. The van der Waals surface area contributed by atoms with Crippen LogP contribution in [0.1, 0.15) is 74.2 Å². The van der Waals surface area contributed by atoms with Crippen LogP contribution in [0.15, 0.2) is 36.4 Å². The summed E-state index contributed by atoms with van der Waals surface area (Å²) in [5.74, 6) is -3.01. The van der Waals surface area contributed by atoms with E-state index in [1.54, 1.807) is 18.2 Å². The minimum atomic E-state index is -0.873. The minimum Gasteiger partial charge on any atom is -0.504 e. The smallest absolute Gasteiger partial charge is 0.343 e. The maximum absolute atomic E-state index is 12.4. The highest BCUT2D eigenvalue weighted by molar-refractivity contribution is 5.93. The molecule has 0 saturated carbocycles. The molecule has 0 atom stereocenters. The number of carbonyl (C=O) groups is 2. The predicted octanol–water partition coefficient (Wildman–Crippen LogP) is 5.73. The van der Waals surface area contributed by atoms with Gasteiger partial charge in [0.15, 0.2) is 28.7 Å². The quantitative estimate of drug-likeness (QED) is 0.102. The standard InChI is InChI=1S/C27H34O8/c1-3-4-5-6-7-8-9-10-15-34-25(30)14-12-19-11-13-23(24(16-19)33-2)35-27(32)20-17-21(28)26(31)22(29)18-20/h11-14,16-18,28-29,31H,3-10,15H2,1-2H3/b14-12+. The summed E-state index contributed by atoms with van der Waals surface area (Å²) >= 11 is 0. The van der Waals surface area contributed by atoms with Gasteiger partial charge in [-0.3, -0.25) is 0 Å². The monoisotopic (exact) mass is 486 g/mol. The SMILES string of the molecule is CCCCCCCCCCOC(=O)/C=C/c1ccc(OC(=O)c2cc(O)c(O)c(O)c2)c(OC)c1. The first kappa shape index (κ1) is 27.6. The van der Waals surface area contributed by atoms with Crippen LogP contribution < -0.4 is 9.47 Å². The van der Waals surface area contributed by atoms with E-state index in [2.05, 4.69) is 6.92 Å². The van der Waals surface area contributed by atoms with Gasteiger partial charge in [0.2, 0.25) is 0 Å². The van der Waals surface area contributed by atoms with Gasteiger partial charge in [-0.25, -0.2) is 9.59 Å². The molecular weight excluding hydrogens is 452 g/mol. The highest BCUT2D eigenvalue weighted by Crippen LogP contribution is 2.36. The molecule has 3 N–H and O–H groups in total. The molecule has 2 rings (SSSR count). The molecule has 0 unspecified atom stereocenters. The zero-order valence-corrected chi connectivity index (χ0v) is 20.3. The van der Waals surface area contributed by atoms with Crippen LogP contribution in [0.2, 0.25) is 0 Å². The summed E-state index contributed by atoms with van der Waals surface area (Å²) in [7, 11) is 1.40. The van der Waals surface area contributed by atoms with Crippen molar-refractivity contribution < 1.29 is 39.1 Å². The minimum absolute atomic E-state index is 0.0963. The number of esters is 2. The molecule has 0 aliphatic heterocycles. The second kappa shape index (κ2) is 14.6. The van der Waals surface area contributed by atoms with Crippen LogP contribution in [0.5, 0.6) is 28.7 Å². The third-order valence-electron chi connectivity index (χ3n) is 5.35.